The van der Waals surface area contributed by atoms with Crippen LogP contribution in [-0.4, -0.2) is 48.3 Å². The summed E-state index contributed by atoms with van der Waals surface area (Å²) in [5, 5.41) is 2.79. The minimum absolute atomic E-state index is 0.00183. The lowest BCUT2D eigenvalue weighted by molar-refractivity contribution is -0.143. The number of halogens is 2. The van der Waals surface area contributed by atoms with E-state index in [-0.39, 0.29) is 47.2 Å². The first kappa shape index (κ1) is 21.6. The maximum absolute atomic E-state index is 14.2. The van der Waals surface area contributed by atoms with Crippen molar-refractivity contribution in [2.24, 2.45) is 5.41 Å². The number of nitrogen functional groups attached to an aromatic ring is 1. The largest absolute Gasteiger partial charge is 0.382 e. The molecule has 2 fully saturated rings. The number of nitrogens with one attached hydrogen (secondary N) is 1. The molecule has 1 aromatic carbocycles. The number of aromatic nitrogens is 4. The number of anilines is 1. The normalized spacial score (nSPS) is 23.9. The van der Waals surface area contributed by atoms with Crippen molar-refractivity contribution < 1.29 is 14.0 Å². The van der Waals surface area contributed by atoms with Gasteiger partial charge in [-0.05, 0) is 30.7 Å². The average molecular weight is 472 g/mol. The molecule has 11 heteroatoms. The number of hydrogen-bond donors (Lipinski definition) is 2. The summed E-state index contributed by atoms with van der Waals surface area (Å²) in [6.07, 6.45) is 5.18. The molecule has 0 radical (unpaired) electrons. The molecule has 3 aromatic rings. The third kappa shape index (κ3) is 3.58. The molecule has 2 aromatic heterocycles. The highest BCUT2D eigenvalue weighted by Gasteiger charge is 2.58. The van der Waals surface area contributed by atoms with Gasteiger partial charge < -0.3 is 20.5 Å². The number of imidazole rings is 1. The number of likely N-dealkylation sites (tertiary alicyclic amines) is 1. The molecule has 33 heavy (non-hydrogen) atoms. The maximum atomic E-state index is 14.2. The van der Waals surface area contributed by atoms with E-state index in [0.717, 1.165) is 12.8 Å². The van der Waals surface area contributed by atoms with Crippen molar-refractivity contribution in [3.8, 4) is 0 Å². The Morgan fingerprint density at radius 1 is 1.33 bits per heavy atom. The number of nitrogens with zero attached hydrogens (tertiary/aromatic N) is 5. The first-order chi connectivity index (χ1) is 15.8. The fraction of sp³-hybridized carbons (Fsp3) is 0.409. The SMILES string of the molecule is C[C@]12CC[C@H]1N(C(=O)Cn1cnc3c(N)ncnc31)[C@H](C(=O)NCc1cccc(Cl)c1F)C2. The molecule has 3 atom stereocenters. The lowest BCUT2D eigenvalue weighted by Crippen LogP contribution is -2.53. The Morgan fingerprint density at radius 2 is 2.15 bits per heavy atom. The van der Waals surface area contributed by atoms with E-state index in [2.05, 4.69) is 27.2 Å². The van der Waals surface area contributed by atoms with Crippen molar-refractivity contribution in [2.75, 3.05) is 5.73 Å². The zero-order valence-electron chi connectivity index (χ0n) is 18.0. The predicted octanol–water partition coefficient (Wildman–Crippen LogP) is 2.29. The smallest absolute Gasteiger partial charge is 0.243 e. The second-order valence-electron chi connectivity index (χ2n) is 8.96. The van der Waals surface area contributed by atoms with Gasteiger partial charge in [-0.2, -0.15) is 0 Å². The number of benzene rings is 1. The van der Waals surface area contributed by atoms with E-state index >= 15 is 0 Å². The standard InChI is InChI=1S/C22H23ClFN7O2/c1-22-6-5-15(22)31(16(32)9-30-11-29-18-19(25)27-10-28-20(18)30)14(7-22)21(33)26-8-12-3-2-4-13(23)17(12)24/h2-4,10-11,14-15H,5-9H2,1H3,(H,26,33)(H2,25,27,28)/t14-,15+,22+/m0/s1. The van der Waals surface area contributed by atoms with Gasteiger partial charge in [-0.1, -0.05) is 30.7 Å². The molecule has 5 rings (SSSR count). The molecule has 1 saturated carbocycles. The molecule has 3 N–H and O–H groups in total. The monoisotopic (exact) mass is 471 g/mol. The molecule has 2 amide bonds. The molecule has 3 heterocycles. The van der Waals surface area contributed by atoms with E-state index in [9.17, 15) is 14.0 Å². The van der Waals surface area contributed by atoms with Crippen LogP contribution in [0.1, 0.15) is 31.7 Å². The van der Waals surface area contributed by atoms with E-state index in [1.54, 1.807) is 21.6 Å². The van der Waals surface area contributed by atoms with Crippen LogP contribution >= 0.6 is 11.6 Å². The Balaban J connectivity index is 1.35. The molecular weight excluding hydrogens is 449 g/mol. The molecule has 1 aliphatic heterocycles. The molecule has 2 aliphatic rings. The quantitative estimate of drug-likeness (QED) is 0.589. The summed E-state index contributed by atoms with van der Waals surface area (Å²) in [6.45, 7) is 2.08. The van der Waals surface area contributed by atoms with Crippen LogP contribution in [0.4, 0.5) is 10.2 Å². The van der Waals surface area contributed by atoms with Crippen LogP contribution in [-0.2, 0) is 22.7 Å². The second-order valence-corrected chi connectivity index (χ2v) is 9.37. The third-order valence-corrected chi connectivity index (χ3v) is 7.23. The van der Waals surface area contributed by atoms with Crippen molar-refractivity contribution in [2.45, 2.75) is 51.4 Å². The Kier molecular flexibility index (Phi) is 5.19. The molecule has 0 bridgehead atoms. The number of rotatable bonds is 5. The van der Waals surface area contributed by atoms with E-state index in [4.69, 9.17) is 17.3 Å². The van der Waals surface area contributed by atoms with Gasteiger partial charge in [0.1, 0.15) is 30.2 Å². The maximum Gasteiger partial charge on any atom is 0.243 e. The zero-order chi connectivity index (χ0) is 23.3. The summed E-state index contributed by atoms with van der Waals surface area (Å²) in [6, 6.07) is 4.01. The highest BCUT2D eigenvalue weighted by Crippen LogP contribution is 2.54. The van der Waals surface area contributed by atoms with Gasteiger partial charge in [0.2, 0.25) is 11.8 Å². The molecule has 0 unspecified atom stereocenters. The fourth-order valence-electron chi connectivity index (χ4n) is 5.03. The number of carbonyl (C=O) groups is 2. The van der Waals surface area contributed by atoms with Crippen LogP contribution in [0.5, 0.6) is 0 Å². The van der Waals surface area contributed by atoms with Gasteiger partial charge in [0, 0.05) is 18.2 Å². The van der Waals surface area contributed by atoms with Crippen molar-refractivity contribution in [3.05, 3.63) is 47.3 Å². The van der Waals surface area contributed by atoms with Crippen LogP contribution in [0, 0.1) is 11.2 Å². The van der Waals surface area contributed by atoms with Gasteiger partial charge in [0.15, 0.2) is 11.5 Å². The lowest BCUT2D eigenvalue weighted by Gasteiger charge is -2.44. The van der Waals surface area contributed by atoms with Gasteiger partial charge in [-0.15, -0.1) is 0 Å². The van der Waals surface area contributed by atoms with Gasteiger partial charge in [-0.3, -0.25) is 9.59 Å². The van der Waals surface area contributed by atoms with Gasteiger partial charge in [0.05, 0.1) is 11.3 Å². The third-order valence-electron chi connectivity index (χ3n) is 6.94. The first-order valence-corrected chi connectivity index (χ1v) is 11.1. The van der Waals surface area contributed by atoms with E-state index < -0.39 is 11.9 Å². The van der Waals surface area contributed by atoms with Gasteiger partial charge >= 0.3 is 0 Å². The average Bonchev–Trinajstić information content (AvgIpc) is 3.28. The predicted molar refractivity (Wildman–Crippen MR) is 119 cm³/mol. The van der Waals surface area contributed by atoms with Crippen molar-refractivity contribution in [3.63, 3.8) is 0 Å². The highest BCUT2D eigenvalue weighted by atomic mass is 35.5. The summed E-state index contributed by atoms with van der Waals surface area (Å²) in [4.78, 5) is 40.5. The summed E-state index contributed by atoms with van der Waals surface area (Å²) < 4.78 is 15.8. The van der Waals surface area contributed by atoms with Crippen molar-refractivity contribution >= 4 is 40.4 Å². The minimum Gasteiger partial charge on any atom is -0.382 e. The second kappa shape index (κ2) is 7.95. The fourth-order valence-corrected chi connectivity index (χ4v) is 5.22. The van der Waals surface area contributed by atoms with Crippen LogP contribution < -0.4 is 11.1 Å². The zero-order valence-corrected chi connectivity index (χ0v) is 18.7. The minimum atomic E-state index is -0.633. The first-order valence-electron chi connectivity index (χ1n) is 10.7. The molecule has 172 valence electrons. The number of fused-ring (bicyclic) bond motifs is 2. The number of carbonyl (C=O) groups excluding carboxylic acids is 2. The Hall–Kier alpha value is -3.27. The van der Waals surface area contributed by atoms with Crippen molar-refractivity contribution in [1.29, 1.82) is 0 Å². The van der Waals surface area contributed by atoms with Gasteiger partial charge in [0.25, 0.3) is 0 Å². The number of amides is 2. The topological polar surface area (TPSA) is 119 Å². The summed E-state index contributed by atoms with van der Waals surface area (Å²) in [5.74, 6) is -0.821. The van der Waals surface area contributed by atoms with Crippen LogP contribution in [0.15, 0.2) is 30.9 Å². The molecule has 9 nitrogen and oxygen atoms in total. The Morgan fingerprint density at radius 3 is 2.91 bits per heavy atom. The highest BCUT2D eigenvalue weighted by molar-refractivity contribution is 6.30. The molecule has 1 saturated heterocycles. The van der Waals surface area contributed by atoms with Crippen molar-refractivity contribution in [1.82, 2.24) is 29.7 Å². The number of hydrogen-bond acceptors (Lipinski definition) is 6. The Labute approximate surface area is 194 Å². The van der Waals surface area contributed by atoms with Crippen LogP contribution in [0.3, 0.4) is 0 Å². The molecular formula is C22H23ClFN7O2. The van der Waals surface area contributed by atoms with E-state index in [1.165, 1.54) is 18.7 Å². The summed E-state index contributed by atoms with van der Waals surface area (Å²) in [7, 11) is 0. The van der Waals surface area contributed by atoms with E-state index in [0.29, 0.717) is 23.1 Å². The molecule has 1 aliphatic carbocycles. The molecule has 0 spiro atoms. The van der Waals surface area contributed by atoms with Crippen LogP contribution in [0.2, 0.25) is 5.02 Å². The Bertz CT molecular complexity index is 1260. The lowest BCUT2D eigenvalue weighted by atomic mass is 9.66. The van der Waals surface area contributed by atoms with E-state index in [1.807, 2.05) is 0 Å². The number of nitrogens with two attached hydrogens (primary N) is 1. The summed E-state index contributed by atoms with van der Waals surface area (Å²) in [5.41, 5.74) is 6.92. The van der Waals surface area contributed by atoms with Crippen LogP contribution in [0.25, 0.3) is 11.2 Å². The van der Waals surface area contributed by atoms with Gasteiger partial charge in [-0.25, -0.2) is 19.3 Å². The summed E-state index contributed by atoms with van der Waals surface area (Å²) >= 11 is 5.84.